The molecule has 0 aliphatic heterocycles. The van der Waals surface area contributed by atoms with E-state index >= 15 is 0 Å². The Morgan fingerprint density at radius 1 is 1.35 bits per heavy atom. The van der Waals surface area contributed by atoms with E-state index in [-0.39, 0.29) is 5.25 Å². The van der Waals surface area contributed by atoms with Crippen LogP contribution in [0, 0.1) is 0 Å². The fourth-order valence-corrected chi connectivity index (χ4v) is 3.69. The summed E-state index contributed by atoms with van der Waals surface area (Å²) >= 11 is 1.64. The van der Waals surface area contributed by atoms with Gasteiger partial charge in [-0.05, 0) is 36.9 Å². The van der Waals surface area contributed by atoms with Gasteiger partial charge in [-0.1, -0.05) is 26.0 Å². The molecule has 0 aromatic heterocycles. The Balaban J connectivity index is 3.04. The maximum Gasteiger partial charge on any atom is 0.240 e. The zero-order valence-corrected chi connectivity index (χ0v) is 14.2. The smallest absolute Gasteiger partial charge is 0.240 e. The normalized spacial score (nSPS) is 13.4. The number of rotatable bonds is 8. The Kier molecular flexibility index (Phi) is 7.02. The number of thioether (sulfide) groups is 1. The molecule has 0 aliphatic carbocycles. The molecule has 0 bridgehead atoms. The number of hydrogen-bond acceptors (Lipinski definition) is 4. The van der Waals surface area contributed by atoms with Crippen LogP contribution in [0.25, 0.3) is 0 Å². The number of aryl methyl sites for hydroxylation is 1. The fraction of sp³-hybridized carbons (Fsp3) is 0.571. The van der Waals surface area contributed by atoms with Crippen LogP contribution < -0.4 is 10.0 Å². The van der Waals surface area contributed by atoms with E-state index < -0.39 is 10.0 Å². The van der Waals surface area contributed by atoms with Crippen LogP contribution in [0.15, 0.2) is 23.1 Å². The molecule has 0 fully saturated rings. The Hall–Kier alpha value is -0.560. The number of hydrogen-bond donors (Lipinski definition) is 2. The SMILES string of the molecule is CCc1ccc(CNC)cc1S(=O)(=O)NCC(C)SC. The van der Waals surface area contributed by atoms with Gasteiger partial charge in [0.2, 0.25) is 10.0 Å². The van der Waals surface area contributed by atoms with Gasteiger partial charge in [0.25, 0.3) is 0 Å². The zero-order chi connectivity index (χ0) is 15.2. The lowest BCUT2D eigenvalue weighted by molar-refractivity contribution is 0.580. The average Bonchev–Trinajstić information content (AvgIpc) is 2.45. The molecule has 6 heteroatoms. The molecule has 0 spiro atoms. The van der Waals surface area contributed by atoms with Crippen molar-refractivity contribution in [1.29, 1.82) is 0 Å². The summed E-state index contributed by atoms with van der Waals surface area (Å²) in [6.45, 7) is 5.08. The summed E-state index contributed by atoms with van der Waals surface area (Å²) in [4.78, 5) is 0.404. The minimum atomic E-state index is -3.44. The lowest BCUT2D eigenvalue weighted by Gasteiger charge is -2.14. The fourth-order valence-electron chi connectivity index (χ4n) is 1.84. The Morgan fingerprint density at radius 3 is 2.60 bits per heavy atom. The minimum Gasteiger partial charge on any atom is -0.316 e. The highest BCUT2D eigenvalue weighted by molar-refractivity contribution is 7.99. The molecule has 0 aliphatic rings. The van der Waals surface area contributed by atoms with E-state index in [2.05, 4.69) is 10.0 Å². The third-order valence-electron chi connectivity index (χ3n) is 3.15. The first-order chi connectivity index (χ1) is 9.44. The molecule has 2 N–H and O–H groups in total. The predicted octanol–water partition coefficient (Wildman–Crippen LogP) is 2.00. The van der Waals surface area contributed by atoms with Crippen LogP contribution >= 0.6 is 11.8 Å². The molecule has 1 rings (SSSR count). The molecule has 1 unspecified atom stereocenters. The highest BCUT2D eigenvalue weighted by Gasteiger charge is 2.18. The first kappa shape index (κ1) is 17.5. The molecule has 0 radical (unpaired) electrons. The van der Waals surface area contributed by atoms with Crippen molar-refractivity contribution in [2.24, 2.45) is 0 Å². The summed E-state index contributed by atoms with van der Waals surface area (Å²) < 4.78 is 27.6. The summed E-state index contributed by atoms with van der Waals surface area (Å²) in [5.41, 5.74) is 1.83. The molecule has 4 nitrogen and oxygen atoms in total. The topological polar surface area (TPSA) is 58.2 Å². The van der Waals surface area contributed by atoms with Crippen molar-refractivity contribution >= 4 is 21.8 Å². The maximum atomic E-state index is 12.4. The summed E-state index contributed by atoms with van der Waals surface area (Å²) in [7, 11) is -1.59. The lowest BCUT2D eigenvalue weighted by atomic mass is 10.1. The van der Waals surface area contributed by atoms with Crippen molar-refractivity contribution in [2.75, 3.05) is 19.8 Å². The zero-order valence-electron chi connectivity index (χ0n) is 12.6. The Labute approximate surface area is 126 Å². The van der Waals surface area contributed by atoms with Crippen molar-refractivity contribution in [3.63, 3.8) is 0 Å². The van der Waals surface area contributed by atoms with Crippen LogP contribution in [0.4, 0.5) is 0 Å². The number of sulfonamides is 1. The van der Waals surface area contributed by atoms with Gasteiger partial charge in [0.1, 0.15) is 0 Å². The van der Waals surface area contributed by atoms with Crippen molar-refractivity contribution < 1.29 is 8.42 Å². The lowest BCUT2D eigenvalue weighted by Crippen LogP contribution is -2.30. The van der Waals surface area contributed by atoms with E-state index in [4.69, 9.17) is 0 Å². The minimum absolute atomic E-state index is 0.260. The van der Waals surface area contributed by atoms with Gasteiger partial charge < -0.3 is 5.32 Å². The van der Waals surface area contributed by atoms with Gasteiger partial charge in [0.15, 0.2) is 0 Å². The number of benzene rings is 1. The van der Waals surface area contributed by atoms with Crippen LogP contribution in [-0.2, 0) is 23.0 Å². The van der Waals surface area contributed by atoms with Gasteiger partial charge in [-0.2, -0.15) is 11.8 Å². The molecule has 0 amide bonds. The second-order valence-electron chi connectivity index (χ2n) is 4.72. The van der Waals surface area contributed by atoms with Crippen molar-refractivity contribution in [1.82, 2.24) is 10.0 Å². The van der Waals surface area contributed by atoms with E-state index in [1.165, 1.54) is 0 Å². The second kappa shape index (κ2) is 8.02. The Bertz CT molecular complexity index is 530. The molecule has 0 saturated carbocycles. The standard InChI is InChI=1S/C14H24N2O2S2/c1-5-13-7-6-12(10-15-3)8-14(13)20(17,18)16-9-11(2)19-4/h6-8,11,15-16H,5,9-10H2,1-4H3. The van der Waals surface area contributed by atoms with E-state index in [1.807, 2.05) is 39.3 Å². The van der Waals surface area contributed by atoms with Gasteiger partial charge in [-0.25, -0.2) is 13.1 Å². The van der Waals surface area contributed by atoms with Gasteiger partial charge >= 0.3 is 0 Å². The van der Waals surface area contributed by atoms with Crippen LogP contribution in [0.3, 0.4) is 0 Å². The molecule has 0 saturated heterocycles. The van der Waals surface area contributed by atoms with Crippen LogP contribution in [0.1, 0.15) is 25.0 Å². The number of nitrogens with one attached hydrogen (secondary N) is 2. The molecule has 1 aromatic carbocycles. The molecule has 1 aromatic rings. The maximum absolute atomic E-state index is 12.4. The predicted molar refractivity (Wildman–Crippen MR) is 86.7 cm³/mol. The summed E-state index contributed by atoms with van der Waals surface area (Å²) in [6, 6.07) is 5.64. The van der Waals surface area contributed by atoms with Gasteiger partial charge in [0, 0.05) is 18.3 Å². The van der Waals surface area contributed by atoms with Crippen LogP contribution in [0.5, 0.6) is 0 Å². The second-order valence-corrected chi connectivity index (χ2v) is 7.74. The third-order valence-corrected chi connectivity index (χ3v) is 5.62. The highest BCUT2D eigenvalue weighted by atomic mass is 32.2. The summed E-state index contributed by atoms with van der Waals surface area (Å²) in [5.74, 6) is 0. The quantitative estimate of drug-likeness (QED) is 0.770. The first-order valence-electron chi connectivity index (χ1n) is 6.73. The molecule has 114 valence electrons. The van der Waals surface area contributed by atoms with Gasteiger partial charge in [-0.3, -0.25) is 0 Å². The summed E-state index contributed by atoms with van der Waals surface area (Å²) in [5, 5.41) is 3.30. The third kappa shape index (κ3) is 4.77. The van der Waals surface area contributed by atoms with Gasteiger partial charge in [0.05, 0.1) is 4.90 Å². The monoisotopic (exact) mass is 316 g/mol. The van der Waals surface area contributed by atoms with Crippen molar-refractivity contribution in [2.45, 2.75) is 37.0 Å². The van der Waals surface area contributed by atoms with Crippen molar-refractivity contribution in [3.05, 3.63) is 29.3 Å². The highest BCUT2D eigenvalue weighted by Crippen LogP contribution is 2.19. The molecule has 0 heterocycles. The first-order valence-corrected chi connectivity index (χ1v) is 9.50. The molecular weight excluding hydrogens is 292 g/mol. The van der Waals surface area contributed by atoms with Crippen LogP contribution in [-0.4, -0.2) is 33.5 Å². The van der Waals surface area contributed by atoms with Crippen molar-refractivity contribution in [3.8, 4) is 0 Å². The van der Waals surface area contributed by atoms with E-state index in [1.54, 1.807) is 17.8 Å². The Morgan fingerprint density at radius 2 is 2.05 bits per heavy atom. The van der Waals surface area contributed by atoms with E-state index in [9.17, 15) is 8.42 Å². The van der Waals surface area contributed by atoms with E-state index in [0.717, 1.165) is 11.1 Å². The molecule has 20 heavy (non-hydrogen) atoms. The molecular formula is C14H24N2O2S2. The van der Waals surface area contributed by atoms with Gasteiger partial charge in [-0.15, -0.1) is 0 Å². The van der Waals surface area contributed by atoms with Crippen LogP contribution in [0.2, 0.25) is 0 Å². The van der Waals surface area contributed by atoms with E-state index in [0.29, 0.717) is 24.4 Å². The summed E-state index contributed by atoms with van der Waals surface area (Å²) in [6.07, 6.45) is 2.68. The molecule has 1 atom stereocenters. The largest absolute Gasteiger partial charge is 0.316 e. The average molecular weight is 316 g/mol.